The molecule has 1 aliphatic heterocycles. The fourth-order valence-corrected chi connectivity index (χ4v) is 2.40. The van der Waals surface area contributed by atoms with Crippen LogP contribution in [-0.4, -0.2) is 50.1 Å². The Hall–Kier alpha value is -1.63. The van der Waals surface area contributed by atoms with Crippen molar-refractivity contribution in [2.75, 3.05) is 19.8 Å². The van der Waals surface area contributed by atoms with E-state index in [1.807, 2.05) is 30.3 Å². The van der Waals surface area contributed by atoms with E-state index in [-0.39, 0.29) is 12.7 Å². The smallest absolute Gasteiger partial charge is 0.325 e. The normalized spacial score (nSPS) is 28.6. The second kappa shape index (κ2) is 9.01. The number of ether oxygens (including phenoxy) is 4. The second-order valence-electron chi connectivity index (χ2n) is 6.45. The molecule has 1 aromatic carbocycles. The highest BCUT2D eigenvalue weighted by Crippen LogP contribution is 2.20. The van der Waals surface area contributed by atoms with E-state index in [0.29, 0.717) is 24.9 Å². The summed E-state index contributed by atoms with van der Waals surface area (Å²) in [4.78, 5) is 12.0. The molecule has 0 radical (unpaired) electrons. The minimum atomic E-state index is -0.798. The monoisotopic (exact) mass is 337 g/mol. The SMILES string of the molecule is CC(C)CO[C@H]1COC[C@H](N)C(=O)O[C@@H](C)[C@@H]1Oc1ccccc1. The molecule has 1 fully saturated rings. The first-order valence-corrected chi connectivity index (χ1v) is 8.34. The van der Waals surface area contributed by atoms with Crippen LogP contribution in [0.3, 0.4) is 0 Å². The third kappa shape index (κ3) is 5.47. The lowest BCUT2D eigenvalue weighted by molar-refractivity contribution is -0.158. The Morgan fingerprint density at radius 3 is 2.62 bits per heavy atom. The van der Waals surface area contributed by atoms with Gasteiger partial charge in [0.15, 0.2) is 6.10 Å². The number of nitrogens with two attached hydrogens (primary N) is 1. The minimum Gasteiger partial charge on any atom is -0.484 e. The summed E-state index contributed by atoms with van der Waals surface area (Å²) >= 11 is 0. The Kier molecular flexibility index (Phi) is 7.02. The van der Waals surface area contributed by atoms with Gasteiger partial charge in [0.1, 0.15) is 24.0 Å². The van der Waals surface area contributed by atoms with E-state index in [1.165, 1.54) is 0 Å². The maximum atomic E-state index is 12.0. The van der Waals surface area contributed by atoms with Crippen molar-refractivity contribution >= 4 is 5.97 Å². The van der Waals surface area contributed by atoms with Gasteiger partial charge in [0.25, 0.3) is 0 Å². The van der Waals surface area contributed by atoms with E-state index >= 15 is 0 Å². The van der Waals surface area contributed by atoms with Crippen LogP contribution in [0.2, 0.25) is 0 Å². The van der Waals surface area contributed by atoms with E-state index in [9.17, 15) is 4.79 Å². The van der Waals surface area contributed by atoms with E-state index < -0.39 is 24.2 Å². The van der Waals surface area contributed by atoms with Crippen molar-refractivity contribution in [1.29, 1.82) is 0 Å². The molecular formula is C18H27NO5. The molecule has 2 N–H and O–H groups in total. The van der Waals surface area contributed by atoms with Gasteiger partial charge >= 0.3 is 5.97 Å². The van der Waals surface area contributed by atoms with Crippen molar-refractivity contribution in [3.8, 4) is 5.75 Å². The van der Waals surface area contributed by atoms with Gasteiger partial charge in [-0.3, -0.25) is 4.79 Å². The lowest BCUT2D eigenvalue weighted by Gasteiger charge is -2.31. The number of benzene rings is 1. The summed E-state index contributed by atoms with van der Waals surface area (Å²) in [5, 5.41) is 0. The summed E-state index contributed by atoms with van der Waals surface area (Å²) in [5.74, 6) is 0.566. The zero-order valence-corrected chi connectivity index (χ0v) is 14.5. The first-order valence-electron chi connectivity index (χ1n) is 8.34. The zero-order valence-electron chi connectivity index (χ0n) is 14.5. The summed E-state index contributed by atoms with van der Waals surface area (Å²) in [6.07, 6.45) is -1.36. The largest absolute Gasteiger partial charge is 0.484 e. The molecule has 1 aliphatic rings. The van der Waals surface area contributed by atoms with Gasteiger partial charge in [-0.25, -0.2) is 0 Å². The Balaban J connectivity index is 2.18. The van der Waals surface area contributed by atoms with Crippen molar-refractivity contribution in [2.24, 2.45) is 11.7 Å². The van der Waals surface area contributed by atoms with Crippen LogP contribution in [0.4, 0.5) is 0 Å². The van der Waals surface area contributed by atoms with E-state index in [2.05, 4.69) is 13.8 Å². The summed E-state index contributed by atoms with van der Waals surface area (Å²) in [6, 6.07) is 8.60. The average molecular weight is 337 g/mol. The highest BCUT2D eigenvalue weighted by Gasteiger charge is 2.35. The quantitative estimate of drug-likeness (QED) is 0.825. The molecule has 24 heavy (non-hydrogen) atoms. The van der Waals surface area contributed by atoms with Crippen LogP contribution < -0.4 is 10.5 Å². The van der Waals surface area contributed by atoms with Crippen LogP contribution in [0.25, 0.3) is 0 Å². The Bertz CT molecular complexity index is 507. The summed E-state index contributed by atoms with van der Waals surface area (Å²) in [6.45, 7) is 6.89. The molecule has 1 heterocycles. The van der Waals surface area contributed by atoms with Crippen LogP contribution in [-0.2, 0) is 19.0 Å². The number of hydrogen-bond acceptors (Lipinski definition) is 6. The van der Waals surface area contributed by atoms with Crippen LogP contribution in [0.5, 0.6) is 5.75 Å². The van der Waals surface area contributed by atoms with Gasteiger partial charge in [0.05, 0.1) is 13.2 Å². The molecule has 1 saturated heterocycles. The van der Waals surface area contributed by atoms with Crippen LogP contribution in [0.1, 0.15) is 20.8 Å². The summed E-state index contributed by atoms with van der Waals surface area (Å²) in [7, 11) is 0. The van der Waals surface area contributed by atoms with Gasteiger partial charge in [-0.15, -0.1) is 0 Å². The third-order valence-electron chi connectivity index (χ3n) is 3.67. The Morgan fingerprint density at radius 1 is 1.25 bits per heavy atom. The second-order valence-corrected chi connectivity index (χ2v) is 6.45. The number of rotatable bonds is 5. The lowest BCUT2D eigenvalue weighted by Crippen LogP contribution is -2.46. The van der Waals surface area contributed by atoms with Gasteiger partial charge in [-0.05, 0) is 25.0 Å². The Morgan fingerprint density at radius 2 is 1.96 bits per heavy atom. The molecule has 0 aliphatic carbocycles. The Labute approximate surface area is 143 Å². The molecule has 0 saturated carbocycles. The number of esters is 1. The van der Waals surface area contributed by atoms with Crippen LogP contribution in [0, 0.1) is 5.92 Å². The predicted octanol–water partition coefficient (Wildman–Crippen LogP) is 1.76. The van der Waals surface area contributed by atoms with Crippen molar-refractivity contribution in [2.45, 2.75) is 45.1 Å². The molecule has 0 bridgehead atoms. The highest BCUT2D eigenvalue weighted by molar-refractivity contribution is 5.75. The number of para-hydroxylation sites is 1. The number of cyclic esters (lactones) is 1. The van der Waals surface area contributed by atoms with Crippen molar-refractivity contribution < 1.29 is 23.7 Å². The maximum absolute atomic E-state index is 12.0. The number of carbonyl (C=O) groups excluding carboxylic acids is 1. The molecule has 0 amide bonds. The lowest BCUT2D eigenvalue weighted by atomic mass is 10.1. The molecule has 6 nitrogen and oxygen atoms in total. The van der Waals surface area contributed by atoms with Crippen molar-refractivity contribution in [1.82, 2.24) is 0 Å². The van der Waals surface area contributed by atoms with Crippen LogP contribution in [0.15, 0.2) is 30.3 Å². The molecule has 0 unspecified atom stereocenters. The number of carbonyl (C=O) groups is 1. The van der Waals surface area contributed by atoms with Crippen molar-refractivity contribution in [3.63, 3.8) is 0 Å². The van der Waals surface area contributed by atoms with Crippen molar-refractivity contribution in [3.05, 3.63) is 30.3 Å². The van der Waals surface area contributed by atoms with Gasteiger partial charge < -0.3 is 24.7 Å². The van der Waals surface area contributed by atoms with E-state index in [4.69, 9.17) is 24.7 Å². The first kappa shape index (κ1) is 18.7. The van der Waals surface area contributed by atoms with Gasteiger partial charge in [-0.2, -0.15) is 0 Å². The van der Waals surface area contributed by atoms with E-state index in [1.54, 1.807) is 6.92 Å². The molecule has 2 rings (SSSR count). The van der Waals surface area contributed by atoms with Gasteiger partial charge in [-0.1, -0.05) is 32.0 Å². The average Bonchev–Trinajstić information content (AvgIpc) is 2.60. The zero-order chi connectivity index (χ0) is 17.5. The fourth-order valence-electron chi connectivity index (χ4n) is 2.40. The molecule has 4 atom stereocenters. The molecule has 1 aromatic rings. The molecule has 0 aromatic heterocycles. The molecule has 6 heteroatoms. The topological polar surface area (TPSA) is 80.0 Å². The first-order chi connectivity index (χ1) is 11.5. The third-order valence-corrected chi connectivity index (χ3v) is 3.67. The highest BCUT2D eigenvalue weighted by atomic mass is 16.6. The van der Waals surface area contributed by atoms with E-state index in [0.717, 1.165) is 0 Å². The van der Waals surface area contributed by atoms with Gasteiger partial charge in [0, 0.05) is 6.61 Å². The number of hydrogen-bond donors (Lipinski definition) is 1. The minimum absolute atomic E-state index is 0.102. The maximum Gasteiger partial charge on any atom is 0.325 e. The standard InChI is InChI=1S/C18H27NO5/c1-12(2)9-22-16-11-21-10-15(19)18(20)23-13(3)17(16)24-14-7-5-4-6-8-14/h4-8,12-13,15-17H,9-11,19H2,1-3H3/t13-,15-,16-,17-/m0/s1. The summed E-state index contributed by atoms with van der Waals surface area (Å²) < 4.78 is 23.1. The summed E-state index contributed by atoms with van der Waals surface area (Å²) in [5.41, 5.74) is 5.76. The predicted molar refractivity (Wildman–Crippen MR) is 89.8 cm³/mol. The van der Waals surface area contributed by atoms with Gasteiger partial charge in [0.2, 0.25) is 0 Å². The molecule has 0 spiro atoms. The van der Waals surface area contributed by atoms with Crippen LogP contribution >= 0.6 is 0 Å². The molecule has 134 valence electrons. The fraction of sp³-hybridized carbons (Fsp3) is 0.611. The molecular weight excluding hydrogens is 310 g/mol.